The number of nitrogens with zero attached hydrogens (tertiary/aromatic N) is 1. The lowest BCUT2D eigenvalue weighted by molar-refractivity contribution is -0.139. The van der Waals surface area contributed by atoms with E-state index in [-0.39, 0.29) is 18.3 Å². The molecule has 0 spiro atoms. The summed E-state index contributed by atoms with van der Waals surface area (Å²) in [4.78, 5) is 15.6. The van der Waals surface area contributed by atoms with Crippen LogP contribution in [0.1, 0.15) is 56.6 Å². The van der Waals surface area contributed by atoms with Crippen LogP contribution in [0.2, 0.25) is 0 Å². The van der Waals surface area contributed by atoms with Gasteiger partial charge in [0.2, 0.25) is 5.91 Å². The van der Waals surface area contributed by atoms with Gasteiger partial charge in [-0.2, -0.15) is 0 Å². The second-order valence-corrected chi connectivity index (χ2v) is 8.02. The van der Waals surface area contributed by atoms with Crippen molar-refractivity contribution in [3.05, 3.63) is 29.3 Å². The maximum absolute atomic E-state index is 13.3. The summed E-state index contributed by atoms with van der Waals surface area (Å²) in [7, 11) is 0. The van der Waals surface area contributed by atoms with Gasteiger partial charge in [0.25, 0.3) is 0 Å². The molecule has 0 aromatic heterocycles. The van der Waals surface area contributed by atoms with Gasteiger partial charge in [0.15, 0.2) is 0 Å². The maximum atomic E-state index is 13.3. The number of piperidine rings is 1. The zero-order chi connectivity index (χ0) is 17.2. The highest BCUT2D eigenvalue weighted by molar-refractivity contribution is 5.85. The molecule has 2 aliphatic heterocycles. The van der Waals surface area contributed by atoms with E-state index in [1.54, 1.807) is 0 Å². The molecule has 3 aliphatic rings. The van der Waals surface area contributed by atoms with Gasteiger partial charge in [0, 0.05) is 31.0 Å². The lowest BCUT2D eigenvalue weighted by Gasteiger charge is -2.35. The minimum Gasteiger partial charge on any atom is -0.493 e. The third kappa shape index (κ3) is 4.17. The number of halogens is 1. The van der Waals surface area contributed by atoms with E-state index in [4.69, 9.17) is 4.74 Å². The molecule has 1 aromatic carbocycles. The van der Waals surface area contributed by atoms with Gasteiger partial charge in [-0.15, -0.1) is 12.4 Å². The van der Waals surface area contributed by atoms with E-state index in [0.29, 0.717) is 18.0 Å². The third-order valence-electron chi connectivity index (χ3n) is 6.13. The topological polar surface area (TPSA) is 41.6 Å². The van der Waals surface area contributed by atoms with E-state index >= 15 is 0 Å². The summed E-state index contributed by atoms with van der Waals surface area (Å²) in [6, 6.07) is 7.36. The molecule has 144 valence electrons. The fraction of sp³-hybridized carbons (Fsp3) is 0.667. The van der Waals surface area contributed by atoms with Gasteiger partial charge in [-0.1, -0.05) is 25.0 Å². The van der Waals surface area contributed by atoms with Crippen molar-refractivity contribution in [2.45, 2.75) is 70.5 Å². The van der Waals surface area contributed by atoms with Crippen LogP contribution in [0.5, 0.6) is 5.75 Å². The van der Waals surface area contributed by atoms with E-state index < -0.39 is 0 Å². The van der Waals surface area contributed by atoms with Crippen LogP contribution >= 0.6 is 12.4 Å². The van der Waals surface area contributed by atoms with Gasteiger partial charge in [-0.25, -0.2) is 0 Å². The second kappa shape index (κ2) is 8.62. The zero-order valence-corrected chi connectivity index (χ0v) is 16.5. The summed E-state index contributed by atoms with van der Waals surface area (Å²) in [6.45, 7) is 4.71. The van der Waals surface area contributed by atoms with Crippen LogP contribution in [-0.4, -0.2) is 36.0 Å². The van der Waals surface area contributed by atoms with E-state index in [9.17, 15) is 4.79 Å². The minimum atomic E-state index is 0. The smallest absolute Gasteiger partial charge is 0.226 e. The Morgan fingerprint density at radius 2 is 2.08 bits per heavy atom. The molecule has 1 aliphatic carbocycles. The van der Waals surface area contributed by atoms with Crippen molar-refractivity contribution < 1.29 is 9.53 Å². The lowest BCUT2D eigenvalue weighted by Crippen LogP contribution is -2.46. The molecule has 1 N–H and O–H groups in total. The monoisotopic (exact) mass is 378 g/mol. The van der Waals surface area contributed by atoms with E-state index in [1.165, 1.54) is 36.8 Å². The summed E-state index contributed by atoms with van der Waals surface area (Å²) in [5.41, 5.74) is 2.55. The molecule has 5 heteroatoms. The second-order valence-electron chi connectivity index (χ2n) is 8.02. The Labute approximate surface area is 163 Å². The van der Waals surface area contributed by atoms with Crippen molar-refractivity contribution in [3.8, 4) is 5.75 Å². The normalized spacial score (nSPS) is 25.3. The largest absolute Gasteiger partial charge is 0.493 e. The molecule has 2 heterocycles. The maximum Gasteiger partial charge on any atom is 0.226 e. The minimum absolute atomic E-state index is 0. The van der Waals surface area contributed by atoms with Crippen LogP contribution in [0.4, 0.5) is 0 Å². The molecule has 0 radical (unpaired) electrons. The number of nitrogens with one attached hydrogen (secondary N) is 1. The summed E-state index contributed by atoms with van der Waals surface area (Å²) < 4.78 is 5.63. The molecule has 2 atom stereocenters. The quantitative estimate of drug-likeness (QED) is 0.868. The van der Waals surface area contributed by atoms with Crippen LogP contribution in [0, 0.1) is 5.92 Å². The number of fused-ring (bicyclic) bond motifs is 1. The number of rotatable bonds is 4. The number of ether oxygens (including phenoxy) is 1. The first-order valence-corrected chi connectivity index (χ1v) is 9.99. The number of carbonyl (C=O) groups is 1. The van der Waals surface area contributed by atoms with Crippen molar-refractivity contribution in [2.75, 3.05) is 13.2 Å². The third-order valence-corrected chi connectivity index (χ3v) is 6.13. The SMILES string of the molecule is C[C@H]1C[C@@H](C(=O)N(Cc2ccc3c(c2)CCO3)C2CCCC2)CCN1.Cl. The number of hydrogen-bond donors (Lipinski definition) is 1. The van der Waals surface area contributed by atoms with E-state index in [2.05, 4.69) is 35.3 Å². The van der Waals surface area contributed by atoms with Gasteiger partial charge in [0.05, 0.1) is 6.61 Å². The summed E-state index contributed by atoms with van der Waals surface area (Å²) in [6.07, 6.45) is 7.79. The molecule has 4 rings (SSSR count). The zero-order valence-electron chi connectivity index (χ0n) is 15.7. The number of benzene rings is 1. The summed E-state index contributed by atoms with van der Waals surface area (Å²) >= 11 is 0. The van der Waals surface area contributed by atoms with Gasteiger partial charge in [-0.05, 0) is 56.3 Å². The Hall–Kier alpha value is -1.26. The van der Waals surface area contributed by atoms with E-state index in [1.807, 2.05) is 0 Å². The van der Waals surface area contributed by atoms with Crippen LogP contribution in [0.15, 0.2) is 18.2 Å². The van der Waals surface area contributed by atoms with Crippen LogP contribution in [0.3, 0.4) is 0 Å². The Morgan fingerprint density at radius 3 is 2.85 bits per heavy atom. The molecule has 4 nitrogen and oxygen atoms in total. The van der Waals surface area contributed by atoms with E-state index in [0.717, 1.165) is 44.7 Å². The van der Waals surface area contributed by atoms with Crippen molar-refractivity contribution >= 4 is 18.3 Å². The standard InChI is InChI=1S/C21H30N2O2.ClH/c1-15-12-18(8-10-22-15)21(24)23(19-4-2-3-5-19)14-16-6-7-20-17(13-16)9-11-25-20;/h6-7,13,15,18-19,22H,2-5,8-12,14H2,1H3;1H/t15-,18-;/m0./s1. The molecule has 0 bridgehead atoms. The van der Waals surface area contributed by atoms with Crippen LogP contribution < -0.4 is 10.1 Å². The lowest BCUT2D eigenvalue weighted by atomic mass is 9.91. The highest BCUT2D eigenvalue weighted by Crippen LogP contribution is 2.31. The Morgan fingerprint density at radius 1 is 1.27 bits per heavy atom. The Bertz CT molecular complexity index is 630. The fourth-order valence-corrected chi connectivity index (χ4v) is 4.73. The molecule has 26 heavy (non-hydrogen) atoms. The molecule has 1 saturated carbocycles. The number of hydrogen-bond acceptors (Lipinski definition) is 3. The summed E-state index contributed by atoms with van der Waals surface area (Å²) in [5.74, 6) is 1.60. The first kappa shape index (κ1) is 19.5. The van der Waals surface area contributed by atoms with Gasteiger partial charge < -0.3 is 15.0 Å². The predicted octanol–water partition coefficient (Wildman–Crippen LogP) is 3.70. The molecule has 1 saturated heterocycles. The molecule has 2 fully saturated rings. The molecule has 1 aromatic rings. The number of carbonyl (C=O) groups excluding carboxylic acids is 1. The summed E-state index contributed by atoms with van der Waals surface area (Å²) in [5, 5.41) is 3.47. The first-order valence-electron chi connectivity index (χ1n) is 9.99. The fourth-order valence-electron chi connectivity index (χ4n) is 4.73. The van der Waals surface area contributed by atoms with Gasteiger partial charge in [-0.3, -0.25) is 4.79 Å². The highest BCUT2D eigenvalue weighted by Gasteiger charge is 2.33. The van der Waals surface area contributed by atoms with Crippen molar-refractivity contribution in [1.29, 1.82) is 0 Å². The van der Waals surface area contributed by atoms with Crippen molar-refractivity contribution in [2.24, 2.45) is 5.92 Å². The van der Waals surface area contributed by atoms with Crippen molar-refractivity contribution in [3.63, 3.8) is 0 Å². The van der Waals surface area contributed by atoms with Gasteiger partial charge in [0.1, 0.15) is 5.75 Å². The molecule has 1 amide bonds. The van der Waals surface area contributed by atoms with Crippen LogP contribution in [-0.2, 0) is 17.8 Å². The first-order chi connectivity index (χ1) is 12.2. The van der Waals surface area contributed by atoms with Crippen molar-refractivity contribution in [1.82, 2.24) is 10.2 Å². The predicted molar refractivity (Wildman–Crippen MR) is 106 cm³/mol. The average Bonchev–Trinajstić information content (AvgIpc) is 3.30. The molecule has 0 unspecified atom stereocenters. The Kier molecular flexibility index (Phi) is 6.46. The number of amides is 1. The van der Waals surface area contributed by atoms with Crippen LogP contribution in [0.25, 0.3) is 0 Å². The molecular weight excluding hydrogens is 348 g/mol. The Balaban J connectivity index is 0.00000196. The highest BCUT2D eigenvalue weighted by atomic mass is 35.5. The molecular formula is C21H31ClN2O2. The average molecular weight is 379 g/mol. The van der Waals surface area contributed by atoms with Gasteiger partial charge >= 0.3 is 0 Å².